The molecule has 9 heteroatoms. The van der Waals surface area contributed by atoms with E-state index in [9.17, 15) is 28.1 Å². The Bertz CT molecular complexity index is 1050. The Morgan fingerprint density at radius 1 is 1.14 bits per heavy atom. The van der Waals surface area contributed by atoms with Crippen LogP contribution in [0.5, 0.6) is 0 Å². The standard InChI is InChI=1S/C19H13F3N2O3S/c1-11-17(12-5-3-2-4-6-12)14(10-28-11)18(25)23-16-8-7-13(24(26)27)9-15(16)19(20,21)22/h2-10H,1H3,(H,23,25). The fourth-order valence-corrected chi connectivity index (χ4v) is 3.63. The van der Waals surface area contributed by atoms with Gasteiger partial charge in [-0.15, -0.1) is 11.3 Å². The van der Waals surface area contributed by atoms with E-state index in [1.54, 1.807) is 29.6 Å². The van der Waals surface area contributed by atoms with Crippen molar-refractivity contribution >= 4 is 28.6 Å². The zero-order valence-electron chi connectivity index (χ0n) is 14.4. The predicted molar refractivity (Wildman–Crippen MR) is 101 cm³/mol. The van der Waals surface area contributed by atoms with E-state index < -0.39 is 33.9 Å². The van der Waals surface area contributed by atoms with E-state index in [-0.39, 0.29) is 5.56 Å². The highest BCUT2D eigenvalue weighted by Gasteiger charge is 2.36. The van der Waals surface area contributed by atoms with E-state index >= 15 is 0 Å². The number of halogens is 3. The Morgan fingerprint density at radius 2 is 1.82 bits per heavy atom. The number of amides is 1. The van der Waals surface area contributed by atoms with E-state index in [0.717, 1.165) is 22.6 Å². The first-order valence-corrected chi connectivity index (χ1v) is 8.87. The molecule has 3 rings (SSSR count). The minimum atomic E-state index is -4.86. The number of alkyl halides is 3. The molecule has 0 atom stereocenters. The van der Waals surface area contributed by atoms with Gasteiger partial charge in [0.05, 0.1) is 21.7 Å². The molecule has 1 heterocycles. The van der Waals surface area contributed by atoms with Crippen molar-refractivity contribution in [3.8, 4) is 11.1 Å². The first-order chi connectivity index (χ1) is 13.2. The summed E-state index contributed by atoms with van der Waals surface area (Å²) in [6, 6.07) is 11.2. The molecule has 0 saturated carbocycles. The third-order valence-electron chi connectivity index (χ3n) is 4.05. The first kappa shape index (κ1) is 19.6. The second kappa shape index (κ2) is 7.43. The number of thiophene rings is 1. The first-order valence-electron chi connectivity index (χ1n) is 7.99. The molecule has 0 aliphatic heterocycles. The van der Waals surface area contributed by atoms with Crippen LogP contribution >= 0.6 is 11.3 Å². The van der Waals surface area contributed by atoms with Gasteiger partial charge in [-0.3, -0.25) is 14.9 Å². The molecule has 2 aromatic carbocycles. The van der Waals surface area contributed by atoms with Crippen LogP contribution in [0.2, 0.25) is 0 Å². The predicted octanol–water partition coefficient (Wildman–Crippen LogP) is 5.90. The lowest BCUT2D eigenvalue weighted by molar-refractivity contribution is -0.385. The molecule has 0 fully saturated rings. The van der Waals surface area contributed by atoms with Crippen LogP contribution < -0.4 is 5.32 Å². The van der Waals surface area contributed by atoms with Crippen LogP contribution in [0.25, 0.3) is 11.1 Å². The zero-order chi connectivity index (χ0) is 20.5. The van der Waals surface area contributed by atoms with E-state index in [2.05, 4.69) is 5.32 Å². The van der Waals surface area contributed by atoms with Crippen molar-refractivity contribution in [3.05, 3.63) is 80.0 Å². The highest BCUT2D eigenvalue weighted by molar-refractivity contribution is 7.10. The average molecular weight is 406 g/mol. The normalized spacial score (nSPS) is 11.3. The average Bonchev–Trinajstić information content (AvgIpc) is 3.03. The molecule has 28 heavy (non-hydrogen) atoms. The summed E-state index contributed by atoms with van der Waals surface area (Å²) >= 11 is 1.31. The van der Waals surface area contributed by atoms with Gasteiger partial charge in [-0.1, -0.05) is 30.3 Å². The van der Waals surface area contributed by atoms with Crippen molar-refractivity contribution in [3.63, 3.8) is 0 Å². The molecule has 5 nitrogen and oxygen atoms in total. The molecule has 0 spiro atoms. The van der Waals surface area contributed by atoms with Gasteiger partial charge < -0.3 is 5.32 Å². The van der Waals surface area contributed by atoms with Gasteiger partial charge in [0.15, 0.2) is 0 Å². The minimum absolute atomic E-state index is 0.236. The highest BCUT2D eigenvalue weighted by atomic mass is 32.1. The molecule has 0 radical (unpaired) electrons. The maximum atomic E-state index is 13.3. The molecule has 1 N–H and O–H groups in total. The number of benzene rings is 2. The molecule has 0 bridgehead atoms. The van der Waals surface area contributed by atoms with Gasteiger partial charge in [-0.25, -0.2) is 0 Å². The van der Waals surface area contributed by atoms with Gasteiger partial charge in [0, 0.05) is 28.0 Å². The largest absolute Gasteiger partial charge is 0.418 e. The molecule has 1 amide bonds. The van der Waals surface area contributed by atoms with Crippen molar-refractivity contribution in [1.29, 1.82) is 0 Å². The summed E-state index contributed by atoms with van der Waals surface area (Å²) < 4.78 is 40.0. The molecule has 144 valence electrons. The maximum Gasteiger partial charge on any atom is 0.418 e. The van der Waals surface area contributed by atoms with Gasteiger partial charge in [0.1, 0.15) is 0 Å². The number of non-ortho nitro benzene ring substituents is 1. The van der Waals surface area contributed by atoms with E-state index in [0.29, 0.717) is 11.6 Å². The molecule has 0 aliphatic carbocycles. The summed E-state index contributed by atoms with van der Waals surface area (Å²) in [4.78, 5) is 23.4. The van der Waals surface area contributed by atoms with Gasteiger partial charge >= 0.3 is 6.18 Å². The number of nitrogens with zero attached hydrogens (tertiary/aromatic N) is 1. The number of anilines is 1. The summed E-state index contributed by atoms with van der Waals surface area (Å²) in [6.07, 6.45) is -4.86. The third kappa shape index (κ3) is 3.89. The third-order valence-corrected chi connectivity index (χ3v) is 4.96. The number of nitro benzene ring substituents is 1. The second-order valence-electron chi connectivity index (χ2n) is 5.89. The molecular formula is C19H13F3N2O3S. The number of nitro groups is 1. The van der Waals surface area contributed by atoms with Crippen molar-refractivity contribution in [1.82, 2.24) is 0 Å². The van der Waals surface area contributed by atoms with Crippen LogP contribution in [0.1, 0.15) is 20.8 Å². The van der Waals surface area contributed by atoms with Crippen molar-refractivity contribution < 1.29 is 22.9 Å². The van der Waals surface area contributed by atoms with Crippen LogP contribution in [-0.2, 0) is 6.18 Å². The Balaban J connectivity index is 2.00. The fourth-order valence-electron chi connectivity index (χ4n) is 2.76. The number of hydrogen-bond donors (Lipinski definition) is 1. The summed E-state index contributed by atoms with van der Waals surface area (Å²) in [6.45, 7) is 1.82. The number of aryl methyl sites for hydroxylation is 1. The van der Waals surface area contributed by atoms with Gasteiger partial charge in [0.25, 0.3) is 11.6 Å². The number of rotatable bonds is 4. The maximum absolute atomic E-state index is 13.3. The second-order valence-corrected chi connectivity index (χ2v) is 6.97. The molecule has 0 aliphatic rings. The molecule has 3 aromatic rings. The van der Waals surface area contributed by atoms with Crippen LogP contribution in [0, 0.1) is 17.0 Å². The molecule has 0 saturated heterocycles. The van der Waals surface area contributed by atoms with Gasteiger partial charge in [0.2, 0.25) is 0 Å². The Kier molecular flexibility index (Phi) is 5.19. The lowest BCUT2D eigenvalue weighted by Gasteiger charge is -2.14. The summed E-state index contributed by atoms with van der Waals surface area (Å²) in [5.74, 6) is -0.720. The summed E-state index contributed by atoms with van der Waals surface area (Å²) in [5, 5.41) is 14.6. The van der Waals surface area contributed by atoms with Crippen LogP contribution in [0.4, 0.5) is 24.5 Å². The number of carbonyl (C=O) groups excluding carboxylic acids is 1. The van der Waals surface area contributed by atoms with Crippen LogP contribution in [0.3, 0.4) is 0 Å². The monoisotopic (exact) mass is 406 g/mol. The van der Waals surface area contributed by atoms with E-state index in [4.69, 9.17) is 0 Å². The van der Waals surface area contributed by atoms with Crippen molar-refractivity contribution in [2.45, 2.75) is 13.1 Å². The minimum Gasteiger partial charge on any atom is -0.321 e. The summed E-state index contributed by atoms with van der Waals surface area (Å²) in [7, 11) is 0. The van der Waals surface area contributed by atoms with Crippen molar-refractivity contribution in [2.75, 3.05) is 5.32 Å². The van der Waals surface area contributed by atoms with Gasteiger partial charge in [-0.05, 0) is 18.6 Å². The molecule has 0 unspecified atom stereocenters. The number of carbonyl (C=O) groups is 1. The summed E-state index contributed by atoms with van der Waals surface area (Å²) in [5.41, 5.74) is -0.874. The Hall–Kier alpha value is -3.20. The number of nitrogens with one attached hydrogen (secondary N) is 1. The van der Waals surface area contributed by atoms with Crippen LogP contribution in [-0.4, -0.2) is 10.8 Å². The smallest absolute Gasteiger partial charge is 0.321 e. The quantitative estimate of drug-likeness (QED) is 0.433. The molecular weight excluding hydrogens is 393 g/mol. The molecule has 1 aromatic heterocycles. The number of hydrogen-bond acceptors (Lipinski definition) is 4. The van der Waals surface area contributed by atoms with E-state index in [1.807, 2.05) is 13.0 Å². The topological polar surface area (TPSA) is 72.2 Å². The fraction of sp³-hybridized carbons (Fsp3) is 0.105. The Morgan fingerprint density at radius 3 is 2.43 bits per heavy atom. The van der Waals surface area contributed by atoms with E-state index in [1.165, 1.54) is 11.3 Å². The Labute approximate surface area is 161 Å². The lowest BCUT2D eigenvalue weighted by Crippen LogP contribution is -2.17. The lowest BCUT2D eigenvalue weighted by atomic mass is 10.0. The highest BCUT2D eigenvalue weighted by Crippen LogP contribution is 2.38. The zero-order valence-corrected chi connectivity index (χ0v) is 15.2. The van der Waals surface area contributed by atoms with Crippen LogP contribution in [0.15, 0.2) is 53.9 Å². The van der Waals surface area contributed by atoms with Crippen molar-refractivity contribution in [2.24, 2.45) is 0 Å². The SMILES string of the molecule is Cc1scc(C(=O)Nc2ccc([N+](=O)[O-])cc2C(F)(F)F)c1-c1ccccc1. The van der Waals surface area contributed by atoms with Gasteiger partial charge in [-0.2, -0.15) is 13.2 Å².